The normalized spacial score (nSPS) is 10.3. The average molecular weight is 291 g/mol. The summed E-state index contributed by atoms with van der Waals surface area (Å²) >= 11 is 0. The Morgan fingerprint density at radius 2 is 1.55 bits per heavy atom. The third-order valence-corrected chi connectivity index (χ3v) is 3.25. The lowest BCUT2D eigenvalue weighted by Crippen LogP contribution is -1.84. The van der Waals surface area contributed by atoms with Crippen LogP contribution in [0.2, 0.25) is 0 Å². The Morgan fingerprint density at radius 3 is 2.18 bits per heavy atom. The Bertz CT molecular complexity index is 745. The van der Waals surface area contributed by atoms with E-state index in [0.29, 0.717) is 0 Å². The minimum absolute atomic E-state index is 0.760. The highest BCUT2D eigenvalue weighted by molar-refractivity contribution is 5.84. The Kier molecular flexibility index (Phi) is 5.61. The zero-order valence-electron chi connectivity index (χ0n) is 13.0. The number of nitrogens with two attached hydrogens (primary N) is 1. The van der Waals surface area contributed by atoms with E-state index in [-0.39, 0.29) is 0 Å². The summed E-state index contributed by atoms with van der Waals surface area (Å²) in [6.45, 7) is 2.04. The van der Waals surface area contributed by atoms with Gasteiger partial charge in [0.15, 0.2) is 0 Å². The molecule has 2 nitrogen and oxygen atoms in total. The second kappa shape index (κ2) is 7.89. The van der Waals surface area contributed by atoms with Crippen molar-refractivity contribution in [3.8, 4) is 5.75 Å². The summed E-state index contributed by atoms with van der Waals surface area (Å²) in [5.74, 6) is 0.837. The molecule has 3 aromatic carbocycles. The summed E-state index contributed by atoms with van der Waals surface area (Å²) in [7, 11) is 1.63. The summed E-state index contributed by atoms with van der Waals surface area (Å²) in [6.07, 6.45) is 4.18. The van der Waals surface area contributed by atoms with Crippen molar-refractivity contribution in [2.24, 2.45) is 0 Å². The monoisotopic (exact) mass is 291 g/mol. The van der Waals surface area contributed by atoms with Crippen LogP contribution in [0.1, 0.15) is 12.5 Å². The van der Waals surface area contributed by atoms with Gasteiger partial charge in [0.05, 0.1) is 7.11 Å². The first kappa shape index (κ1) is 15.6. The van der Waals surface area contributed by atoms with Crippen LogP contribution in [0, 0.1) is 0 Å². The van der Waals surface area contributed by atoms with E-state index in [4.69, 9.17) is 10.5 Å². The number of benzene rings is 3. The molecule has 0 radical (unpaired) electrons. The van der Waals surface area contributed by atoms with Gasteiger partial charge in [0, 0.05) is 5.69 Å². The first-order chi connectivity index (χ1) is 10.7. The first-order valence-corrected chi connectivity index (χ1v) is 7.24. The lowest BCUT2D eigenvalue weighted by molar-refractivity contribution is 0.415. The zero-order chi connectivity index (χ0) is 15.8. The number of rotatable bonds is 2. The minimum Gasteiger partial charge on any atom is -0.497 e. The summed E-state index contributed by atoms with van der Waals surface area (Å²) in [5, 5.41) is 2.61. The quantitative estimate of drug-likeness (QED) is 0.663. The van der Waals surface area contributed by atoms with Crippen molar-refractivity contribution >= 4 is 22.5 Å². The van der Waals surface area contributed by atoms with E-state index in [0.717, 1.165) is 11.4 Å². The molecule has 0 heterocycles. The van der Waals surface area contributed by atoms with Crippen LogP contribution in [0.25, 0.3) is 16.8 Å². The summed E-state index contributed by atoms with van der Waals surface area (Å²) in [4.78, 5) is 0. The molecule has 0 aliphatic rings. The van der Waals surface area contributed by atoms with E-state index in [1.54, 1.807) is 19.2 Å². The highest BCUT2D eigenvalue weighted by Gasteiger charge is 1.91. The lowest BCUT2D eigenvalue weighted by atomic mass is 10.1. The molecular formula is C20H21NO. The van der Waals surface area contributed by atoms with Gasteiger partial charge in [-0.2, -0.15) is 0 Å². The number of hydrogen-bond acceptors (Lipinski definition) is 2. The maximum absolute atomic E-state index is 5.43. The van der Waals surface area contributed by atoms with Crippen molar-refractivity contribution in [1.29, 1.82) is 0 Å². The first-order valence-electron chi connectivity index (χ1n) is 7.24. The molecule has 0 aliphatic heterocycles. The van der Waals surface area contributed by atoms with Crippen molar-refractivity contribution in [1.82, 2.24) is 0 Å². The molecule has 0 saturated heterocycles. The number of ether oxygens (including phenoxy) is 1. The van der Waals surface area contributed by atoms with E-state index < -0.39 is 0 Å². The number of anilines is 1. The van der Waals surface area contributed by atoms with Crippen molar-refractivity contribution in [3.63, 3.8) is 0 Å². The molecule has 112 valence electrons. The molecule has 0 unspecified atom stereocenters. The van der Waals surface area contributed by atoms with Gasteiger partial charge in [-0.15, -0.1) is 0 Å². The predicted octanol–water partition coefficient (Wildman–Crippen LogP) is 5.15. The smallest absolute Gasteiger partial charge is 0.119 e. The SMILES string of the molecule is C/C=C/c1ccc2ccccc2c1.COc1ccc(N)cc1. The second-order valence-electron chi connectivity index (χ2n) is 4.88. The van der Waals surface area contributed by atoms with Crippen molar-refractivity contribution < 1.29 is 4.74 Å². The van der Waals surface area contributed by atoms with Crippen LogP contribution in [0.3, 0.4) is 0 Å². The van der Waals surface area contributed by atoms with Crippen LogP contribution in [-0.2, 0) is 0 Å². The largest absolute Gasteiger partial charge is 0.497 e. The fourth-order valence-electron chi connectivity index (χ4n) is 2.11. The standard InChI is InChI=1S/C13H12.C7H9NO/c1-2-5-11-8-9-12-6-3-4-7-13(12)10-11;1-9-7-4-2-6(8)3-5-7/h2-10H,1H3;2-5H,8H2,1H3/b5-2+;. The van der Waals surface area contributed by atoms with Crippen LogP contribution >= 0.6 is 0 Å². The van der Waals surface area contributed by atoms with Crippen LogP contribution in [-0.4, -0.2) is 7.11 Å². The van der Waals surface area contributed by atoms with Crippen LogP contribution in [0.4, 0.5) is 5.69 Å². The minimum atomic E-state index is 0.760. The number of allylic oxidation sites excluding steroid dienone is 1. The molecule has 0 atom stereocenters. The van der Waals surface area contributed by atoms with E-state index in [2.05, 4.69) is 54.6 Å². The van der Waals surface area contributed by atoms with E-state index >= 15 is 0 Å². The van der Waals surface area contributed by atoms with Gasteiger partial charge in [-0.05, 0) is 53.6 Å². The lowest BCUT2D eigenvalue weighted by Gasteiger charge is -1.98. The summed E-state index contributed by atoms with van der Waals surface area (Å²) in [5.41, 5.74) is 7.45. The summed E-state index contributed by atoms with van der Waals surface area (Å²) < 4.78 is 4.91. The third kappa shape index (κ3) is 4.38. The molecule has 3 aromatic rings. The molecule has 2 N–H and O–H groups in total. The molecule has 0 fully saturated rings. The maximum Gasteiger partial charge on any atom is 0.119 e. The number of hydrogen-bond donors (Lipinski definition) is 1. The highest BCUT2D eigenvalue weighted by atomic mass is 16.5. The Hall–Kier alpha value is -2.74. The van der Waals surface area contributed by atoms with Crippen LogP contribution < -0.4 is 10.5 Å². The number of fused-ring (bicyclic) bond motifs is 1. The Labute approximate surface area is 131 Å². The van der Waals surface area contributed by atoms with Gasteiger partial charge >= 0.3 is 0 Å². The molecule has 0 amide bonds. The molecule has 2 heteroatoms. The Morgan fingerprint density at radius 1 is 0.864 bits per heavy atom. The van der Waals surface area contributed by atoms with Gasteiger partial charge in [0.2, 0.25) is 0 Å². The van der Waals surface area contributed by atoms with Gasteiger partial charge in [0.1, 0.15) is 5.75 Å². The Balaban J connectivity index is 0.000000172. The summed E-state index contributed by atoms with van der Waals surface area (Å²) in [6, 6.07) is 22.2. The zero-order valence-corrected chi connectivity index (χ0v) is 13.0. The molecule has 0 saturated carbocycles. The molecule has 0 bridgehead atoms. The molecular weight excluding hydrogens is 270 g/mol. The van der Waals surface area contributed by atoms with Crippen molar-refractivity contribution in [3.05, 3.63) is 78.4 Å². The van der Waals surface area contributed by atoms with E-state index in [1.165, 1.54) is 16.3 Å². The van der Waals surface area contributed by atoms with Crippen LogP contribution in [0.5, 0.6) is 5.75 Å². The van der Waals surface area contributed by atoms with Gasteiger partial charge < -0.3 is 10.5 Å². The fourth-order valence-corrected chi connectivity index (χ4v) is 2.11. The number of nitrogen functional groups attached to an aromatic ring is 1. The molecule has 3 rings (SSSR count). The average Bonchev–Trinajstić information content (AvgIpc) is 2.56. The molecule has 0 aliphatic carbocycles. The third-order valence-electron chi connectivity index (χ3n) is 3.25. The van der Waals surface area contributed by atoms with E-state index in [9.17, 15) is 0 Å². The second-order valence-corrected chi connectivity index (χ2v) is 4.88. The topological polar surface area (TPSA) is 35.2 Å². The predicted molar refractivity (Wildman–Crippen MR) is 96.1 cm³/mol. The molecule has 0 aromatic heterocycles. The van der Waals surface area contributed by atoms with Gasteiger partial charge in [-0.1, -0.05) is 48.6 Å². The molecule has 0 spiro atoms. The van der Waals surface area contributed by atoms with Gasteiger partial charge in [-0.25, -0.2) is 0 Å². The van der Waals surface area contributed by atoms with Crippen molar-refractivity contribution in [2.75, 3.05) is 12.8 Å². The van der Waals surface area contributed by atoms with Crippen LogP contribution in [0.15, 0.2) is 72.8 Å². The molecule has 22 heavy (non-hydrogen) atoms. The highest BCUT2D eigenvalue weighted by Crippen LogP contribution is 2.16. The fraction of sp³-hybridized carbons (Fsp3) is 0.100. The van der Waals surface area contributed by atoms with Gasteiger partial charge in [0.25, 0.3) is 0 Å². The van der Waals surface area contributed by atoms with E-state index in [1.807, 2.05) is 19.1 Å². The van der Waals surface area contributed by atoms with Crippen molar-refractivity contribution in [2.45, 2.75) is 6.92 Å². The number of methoxy groups -OCH3 is 1. The maximum atomic E-state index is 5.43. The van der Waals surface area contributed by atoms with Gasteiger partial charge in [-0.3, -0.25) is 0 Å².